The van der Waals surface area contributed by atoms with Gasteiger partial charge in [-0.1, -0.05) is 12.1 Å². The zero-order valence-electron chi connectivity index (χ0n) is 17.5. The van der Waals surface area contributed by atoms with Crippen molar-refractivity contribution in [2.24, 2.45) is 4.99 Å². The Morgan fingerprint density at radius 2 is 1.85 bits per heavy atom. The Hall–Kier alpha value is -2.44. The van der Waals surface area contributed by atoms with Crippen LogP contribution in [-0.2, 0) is 11.3 Å². The fourth-order valence-electron chi connectivity index (χ4n) is 2.32. The number of aliphatic imine (C=N–C) groups is 1. The molecule has 2 N–H and O–H groups in total. The molecule has 7 heteroatoms. The molecule has 1 aromatic carbocycles. The molecule has 0 heterocycles. The van der Waals surface area contributed by atoms with Gasteiger partial charge >= 0.3 is 6.09 Å². The Labute approximate surface area is 163 Å². The number of methoxy groups -OCH3 is 1. The molecule has 0 saturated carbocycles. The van der Waals surface area contributed by atoms with Crippen LogP contribution in [0.5, 0.6) is 5.75 Å². The minimum Gasteiger partial charge on any atom is -0.497 e. The highest BCUT2D eigenvalue weighted by molar-refractivity contribution is 5.79. The van der Waals surface area contributed by atoms with E-state index in [1.165, 1.54) is 5.56 Å². The molecular formula is C20H34N4O3. The third kappa shape index (κ3) is 9.72. The third-order valence-electron chi connectivity index (χ3n) is 3.54. The molecule has 0 aliphatic heterocycles. The largest absolute Gasteiger partial charge is 0.497 e. The van der Waals surface area contributed by atoms with Gasteiger partial charge in [0, 0.05) is 33.2 Å². The minimum absolute atomic E-state index is 0.394. The van der Waals surface area contributed by atoms with Crippen LogP contribution in [0.1, 0.15) is 39.7 Å². The molecule has 1 amide bonds. The summed E-state index contributed by atoms with van der Waals surface area (Å²) in [6.45, 7) is 10.3. The molecule has 1 rings (SSSR count). The zero-order chi connectivity index (χ0) is 20.3. The highest BCUT2D eigenvalue weighted by atomic mass is 16.6. The van der Waals surface area contributed by atoms with Crippen LogP contribution in [0.4, 0.5) is 4.79 Å². The Balaban J connectivity index is 2.47. The van der Waals surface area contributed by atoms with Crippen molar-refractivity contribution < 1.29 is 14.3 Å². The molecule has 0 atom stereocenters. The highest BCUT2D eigenvalue weighted by Gasteiger charge is 2.15. The molecule has 0 spiro atoms. The lowest BCUT2D eigenvalue weighted by molar-refractivity contribution is 0.0527. The van der Waals surface area contributed by atoms with E-state index in [0.29, 0.717) is 13.1 Å². The maximum absolute atomic E-state index is 11.6. The van der Waals surface area contributed by atoms with Gasteiger partial charge in [-0.05, 0) is 51.8 Å². The van der Waals surface area contributed by atoms with Crippen LogP contribution in [0.15, 0.2) is 29.3 Å². The van der Waals surface area contributed by atoms with Crippen molar-refractivity contribution in [1.29, 1.82) is 0 Å². The van der Waals surface area contributed by atoms with Crippen LogP contribution in [0.25, 0.3) is 0 Å². The van der Waals surface area contributed by atoms with Gasteiger partial charge in [0.15, 0.2) is 5.96 Å². The average molecular weight is 379 g/mol. The van der Waals surface area contributed by atoms with Crippen LogP contribution in [0.3, 0.4) is 0 Å². The van der Waals surface area contributed by atoms with Gasteiger partial charge in [0.1, 0.15) is 11.4 Å². The standard InChI is InChI=1S/C20H34N4O3/c1-7-21-18(22-13-8-14-23-19(25)27-20(2,3)4)24(5)15-16-9-11-17(26-6)12-10-16/h9-12H,7-8,13-15H2,1-6H3,(H,21,22)(H,23,25). The van der Waals surface area contributed by atoms with Gasteiger partial charge < -0.3 is 25.0 Å². The molecule has 27 heavy (non-hydrogen) atoms. The van der Waals surface area contributed by atoms with Crippen molar-refractivity contribution in [2.45, 2.75) is 46.3 Å². The van der Waals surface area contributed by atoms with Crippen LogP contribution >= 0.6 is 0 Å². The number of rotatable bonds is 8. The normalized spacial score (nSPS) is 11.7. The molecule has 152 valence electrons. The van der Waals surface area contributed by atoms with Gasteiger partial charge in [0.25, 0.3) is 0 Å². The van der Waals surface area contributed by atoms with Crippen molar-refractivity contribution in [1.82, 2.24) is 15.5 Å². The molecule has 0 saturated heterocycles. The highest BCUT2D eigenvalue weighted by Crippen LogP contribution is 2.12. The number of guanidine groups is 1. The monoisotopic (exact) mass is 378 g/mol. The number of ether oxygens (including phenoxy) is 2. The fourth-order valence-corrected chi connectivity index (χ4v) is 2.32. The van der Waals surface area contributed by atoms with Crippen molar-refractivity contribution in [3.05, 3.63) is 29.8 Å². The van der Waals surface area contributed by atoms with E-state index in [2.05, 4.69) is 20.5 Å². The first-order valence-corrected chi connectivity index (χ1v) is 9.34. The van der Waals surface area contributed by atoms with E-state index < -0.39 is 11.7 Å². The first-order chi connectivity index (χ1) is 12.7. The zero-order valence-corrected chi connectivity index (χ0v) is 17.5. The lowest BCUT2D eigenvalue weighted by Crippen LogP contribution is -2.38. The molecular weight excluding hydrogens is 344 g/mol. The van der Waals surface area contributed by atoms with Crippen LogP contribution in [0.2, 0.25) is 0 Å². The number of carbonyl (C=O) groups excluding carboxylic acids is 1. The molecule has 0 unspecified atom stereocenters. The number of hydrogen-bond donors (Lipinski definition) is 2. The van der Waals surface area contributed by atoms with Crippen molar-refractivity contribution in [3.8, 4) is 5.75 Å². The van der Waals surface area contributed by atoms with Crippen molar-refractivity contribution >= 4 is 12.1 Å². The average Bonchev–Trinajstić information content (AvgIpc) is 2.59. The van der Waals surface area contributed by atoms with Crippen molar-refractivity contribution in [3.63, 3.8) is 0 Å². The summed E-state index contributed by atoms with van der Waals surface area (Å²) in [4.78, 5) is 18.3. The number of alkyl carbamates (subject to hydrolysis) is 1. The Bertz CT molecular complexity index is 594. The van der Waals surface area contributed by atoms with Gasteiger partial charge in [-0.25, -0.2) is 4.79 Å². The SMILES string of the molecule is CCNC(=NCCCNC(=O)OC(C)(C)C)N(C)Cc1ccc(OC)cc1. The quantitative estimate of drug-likeness (QED) is 0.413. The summed E-state index contributed by atoms with van der Waals surface area (Å²) in [6, 6.07) is 8.00. The first-order valence-electron chi connectivity index (χ1n) is 9.34. The summed E-state index contributed by atoms with van der Waals surface area (Å²) in [6.07, 6.45) is 0.347. The van der Waals surface area contributed by atoms with E-state index in [0.717, 1.165) is 31.2 Å². The lowest BCUT2D eigenvalue weighted by Gasteiger charge is -2.22. The first kappa shape index (κ1) is 22.6. The summed E-state index contributed by atoms with van der Waals surface area (Å²) in [7, 11) is 3.67. The van der Waals surface area contributed by atoms with Gasteiger partial charge in [0.05, 0.1) is 7.11 Å². The predicted molar refractivity (Wildman–Crippen MR) is 109 cm³/mol. The maximum Gasteiger partial charge on any atom is 0.407 e. The lowest BCUT2D eigenvalue weighted by atomic mass is 10.2. The fraction of sp³-hybridized carbons (Fsp3) is 0.600. The molecule has 0 aliphatic rings. The summed E-state index contributed by atoms with van der Waals surface area (Å²) < 4.78 is 10.4. The number of hydrogen-bond acceptors (Lipinski definition) is 4. The van der Waals surface area contributed by atoms with Crippen molar-refractivity contribution in [2.75, 3.05) is 33.8 Å². The van der Waals surface area contributed by atoms with Gasteiger partial charge in [-0.3, -0.25) is 4.99 Å². The second kappa shape index (κ2) is 11.3. The Kier molecular flexibility index (Phi) is 9.47. The number of nitrogens with zero attached hydrogens (tertiary/aromatic N) is 2. The van der Waals surface area contributed by atoms with E-state index in [4.69, 9.17) is 9.47 Å². The van der Waals surface area contributed by atoms with E-state index in [1.54, 1.807) is 7.11 Å². The van der Waals surface area contributed by atoms with E-state index in [9.17, 15) is 4.79 Å². The summed E-state index contributed by atoms with van der Waals surface area (Å²) in [5, 5.41) is 6.04. The Morgan fingerprint density at radius 3 is 2.41 bits per heavy atom. The summed E-state index contributed by atoms with van der Waals surface area (Å²) >= 11 is 0. The number of benzene rings is 1. The Morgan fingerprint density at radius 1 is 1.19 bits per heavy atom. The number of amides is 1. The molecule has 7 nitrogen and oxygen atoms in total. The second-order valence-electron chi connectivity index (χ2n) is 7.22. The molecule has 0 fully saturated rings. The molecule has 1 aromatic rings. The van der Waals surface area contributed by atoms with Crippen LogP contribution < -0.4 is 15.4 Å². The molecule has 0 aromatic heterocycles. The van der Waals surface area contributed by atoms with E-state index >= 15 is 0 Å². The predicted octanol–water partition coefficient (Wildman–Crippen LogP) is 3.01. The maximum atomic E-state index is 11.6. The topological polar surface area (TPSA) is 75.2 Å². The van der Waals surface area contributed by atoms with Gasteiger partial charge in [-0.15, -0.1) is 0 Å². The number of carbonyl (C=O) groups is 1. The summed E-state index contributed by atoms with van der Waals surface area (Å²) in [5.74, 6) is 1.69. The van der Waals surface area contributed by atoms with E-state index in [-0.39, 0.29) is 0 Å². The van der Waals surface area contributed by atoms with Crippen LogP contribution in [-0.4, -0.2) is 56.3 Å². The molecule has 0 aliphatic carbocycles. The molecule has 0 bridgehead atoms. The van der Waals surface area contributed by atoms with Gasteiger partial charge in [-0.2, -0.15) is 0 Å². The van der Waals surface area contributed by atoms with E-state index in [1.807, 2.05) is 59.0 Å². The minimum atomic E-state index is -0.482. The van der Waals surface area contributed by atoms with Gasteiger partial charge in [0.2, 0.25) is 0 Å². The van der Waals surface area contributed by atoms with Crippen LogP contribution in [0, 0.1) is 0 Å². The number of nitrogens with one attached hydrogen (secondary N) is 2. The second-order valence-corrected chi connectivity index (χ2v) is 7.22. The smallest absolute Gasteiger partial charge is 0.407 e. The summed E-state index contributed by atoms with van der Waals surface area (Å²) in [5.41, 5.74) is 0.695. The third-order valence-corrected chi connectivity index (χ3v) is 3.54. The molecule has 0 radical (unpaired) electrons.